The summed E-state index contributed by atoms with van der Waals surface area (Å²) in [5, 5.41) is 3.88. The largest absolute Gasteiger partial charge is 0.327 e. The van der Waals surface area contributed by atoms with E-state index in [0.717, 1.165) is 15.4 Å². The van der Waals surface area contributed by atoms with E-state index in [2.05, 4.69) is 26.2 Å². The van der Waals surface area contributed by atoms with Crippen LogP contribution >= 0.6 is 15.9 Å². The van der Waals surface area contributed by atoms with Gasteiger partial charge in [0.15, 0.2) is 0 Å². The normalized spacial score (nSPS) is 13.2. The summed E-state index contributed by atoms with van der Waals surface area (Å²) in [7, 11) is 0. The molecule has 4 nitrogen and oxygen atoms in total. The Bertz CT molecular complexity index is 664. The van der Waals surface area contributed by atoms with Gasteiger partial charge in [0, 0.05) is 28.5 Å². The molecule has 1 amide bonds. The highest BCUT2D eigenvalue weighted by Crippen LogP contribution is 2.25. The third-order valence-electron chi connectivity index (χ3n) is 3.47. The van der Waals surface area contributed by atoms with Crippen molar-refractivity contribution in [2.24, 2.45) is 11.1 Å². The number of aromatic nitrogens is 1. The van der Waals surface area contributed by atoms with E-state index in [0.29, 0.717) is 5.69 Å². The van der Waals surface area contributed by atoms with Crippen LogP contribution in [0.2, 0.25) is 0 Å². The van der Waals surface area contributed by atoms with E-state index >= 15 is 0 Å². The van der Waals surface area contributed by atoms with Crippen molar-refractivity contribution in [2.45, 2.75) is 33.2 Å². The molecule has 112 valence electrons. The van der Waals surface area contributed by atoms with Crippen molar-refractivity contribution in [2.75, 3.05) is 5.32 Å². The molecule has 0 aliphatic heterocycles. The van der Waals surface area contributed by atoms with Gasteiger partial charge in [-0.25, -0.2) is 0 Å². The zero-order chi connectivity index (χ0) is 15.6. The Morgan fingerprint density at radius 3 is 2.81 bits per heavy atom. The number of benzene rings is 1. The van der Waals surface area contributed by atoms with Crippen molar-refractivity contribution in [3.8, 4) is 0 Å². The molecule has 5 heteroatoms. The molecule has 0 radical (unpaired) electrons. The van der Waals surface area contributed by atoms with Gasteiger partial charge in [0.1, 0.15) is 0 Å². The van der Waals surface area contributed by atoms with Crippen LogP contribution in [-0.2, 0) is 4.79 Å². The van der Waals surface area contributed by atoms with Crippen molar-refractivity contribution in [1.29, 1.82) is 0 Å². The Morgan fingerprint density at radius 1 is 1.43 bits per heavy atom. The predicted molar refractivity (Wildman–Crippen MR) is 90.1 cm³/mol. The summed E-state index contributed by atoms with van der Waals surface area (Å²) in [6.07, 6.45) is 2.01. The maximum absolute atomic E-state index is 12.2. The number of rotatable bonds is 3. The molecule has 3 N–H and O–H groups in total. The molecule has 1 heterocycles. The molecule has 0 fully saturated rings. The first kappa shape index (κ1) is 15.9. The summed E-state index contributed by atoms with van der Waals surface area (Å²) < 4.78 is 0.910. The number of carbonyl (C=O) groups is 1. The van der Waals surface area contributed by atoms with Gasteiger partial charge in [-0.2, -0.15) is 0 Å². The summed E-state index contributed by atoms with van der Waals surface area (Å²) in [6, 6.07) is 7.50. The van der Waals surface area contributed by atoms with E-state index in [1.165, 1.54) is 0 Å². The van der Waals surface area contributed by atoms with Gasteiger partial charge in [-0.15, -0.1) is 0 Å². The third kappa shape index (κ3) is 4.02. The van der Waals surface area contributed by atoms with Crippen molar-refractivity contribution in [1.82, 2.24) is 4.98 Å². The number of amides is 1. The van der Waals surface area contributed by atoms with Gasteiger partial charge < -0.3 is 11.1 Å². The maximum atomic E-state index is 12.2. The molecular weight excluding hydrogens is 330 g/mol. The zero-order valence-electron chi connectivity index (χ0n) is 12.5. The molecule has 1 aromatic heterocycles. The van der Waals surface area contributed by atoms with Crippen LogP contribution in [0.5, 0.6) is 0 Å². The molecular formula is C16H20BrN3O. The minimum Gasteiger partial charge on any atom is -0.327 e. The van der Waals surface area contributed by atoms with Gasteiger partial charge in [0.05, 0.1) is 11.2 Å². The second kappa shape index (κ2) is 6.12. The number of carbonyl (C=O) groups excluding carboxylic acids is 1. The number of anilines is 1. The van der Waals surface area contributed by atoms with Crippen LogP contribution in [0.15, 0.2) is 34.9 Å². The molecule has 1 unspecified atom stereocenters. The quantitative estimate of drug-likeness (QED) is 0.887. The molecule has 0 aliphatic carbocycles. The topological polar surface area (TPSA) is 68.0 Å². The van der Waals surface area contributed by atoms with Crippen molar-refractivity contribution >= 4 is 38.4 Å². The molecule has 2 aromatic rings. The lowest BCUT2D eigenvalue weighted by atomic mass is 9.85. The van der Waals surface area contributed by atoms with E-state index in [1.807, 2.05) is 45.0 Å². The van der Waals surface area contributed by atoms with Gasteiger partial charge in [-0.3, -0.25) is 9.78 Å². The van der Waals surface area contributed by atoms with Gasteiger partial charge >= 0.3 is 0 Å². The van der Waals surface area contributed by atoms with Gasteiger partial charge in [0.25, 0.3) is 0 Å². The highest BCUT2D eigenvalue weighted by atomic mass is 79.9. The van der Waals surface area contributed by atoms with Crippen LogP contribution in [-0.4, -0.2) is 16.9 Å². The van der Waals surface area contributed by atoms with Gasteiger partial charge in [0.2, 0.25) is 5.91 Å². The average Bonchev–Trinajstić information content (AvgIpc) is 2.37. The minimum atomic E-state index is -0.186. The molecule has 21 heavy (non-hydrogen) atoms. The fraction of sp³-hybridized carbons (Fsp3) is 0.375. The number of nitrogens with zero attached hydrogens (tertiary/aromatic N) is 1. The molecule has 0 bridgehead atoms. The molecule has 1 aromatic carbocycles. The summed E-state index contributed by atoms with van der Waals surface area (Å²) in [5.74, 6) is -0.0883. The number of fused-ring (bicyclic) bond motifs is 1. The van der Waals surface area contributed by atoms with Crippen molar-refractivity contribution < 1.29 is 4.79 Å². The first-order valence-corrected chi connectivity index (χ1v) is 7.66. The molecule has 0 saturated heterocycles. The van der Waals surface area contributed by atoms with Crippen molar-refractivity contribution in [3.05, 3.63) is 34.9 Å². The highest BCUT2D eigenvalue weighted by molar-refractivity contribution is 9.10. The Hall–Kier alpha value is -1.46. The van der Waals surface area contributed by atoms with Crippen molar-refractivity contribution in [3.63, 3.8) is 0 Å². The number of hydrogen-bond donors (Lipinski definition) is 2. The fourth-order valence-electron chi connectivity index (χ4n) is 1.94. The second-order valence-electron chi connectivity index (χ2n) is 6.26. The highest BCUT2D eigenvalue weighted by Gasteiger charge is 2.23. The summed E-state index contributed by atoms with van der Waals surface area (Å²) in [6.45, 7) is 6.09. The summed E-state index contributed by atoms with van der Waals surface area (Å²) >= 11 is 3.40. The number of nitrogens with two attached hydrogens (primary N) is 1. The SMILES string of the molecule is CC(C)(C)C(N)CC(=O)Nc1cccc2cc(Br)cnc12. The summed E-state index contributed by atoms with van der Waals surface area (Å²) in [5.41, 5.74) is 7.45. The van der Waals surface area contributed by atoms with Crippen LogP contribution < -0.4 is 11.1 Å². The number of halogens is 1. The fourth-order valence-corrected chi connectivity index (χ4v) is 2.29. The van der Waals surface area contributed by atoms with Crippen LogP contribution in [0.4, 0.5) is 5.69 Å². The van der Waals surface area contributed by atoms with E-state index < -0.39 is 0 Å². The monoisotopic (exact) mass is 349 g/mol. The number of nitrogens with one attached hydrogen (secondary N) is 1. The first-order chi connectivity index (χ1) is 9.77. The molecule has 2 rings (SSSR count). The molecule has 0 aliphatic rings. The second-order valence-corrected chi connectivity index (χ2v) is 7.17. The third-order valence-corrected chi connectivity index (χ3v) is 3.90. The lowest BCUT2D eigenvalue weighted by molar-refractivity contribution is -0.117. The zero-order valence-corrected chi connectivity index (χ0v) is 14.1. The Kier molecular flexibility index (Phi) is 4.64. The average molecular weight is 350 g/mol. The van der Waals surface area contributed by atoms with E-state index in [4.69, 9.17) is 5.73 Å². The van der Waals surface area contributed by atoms with Crippen LogP contribution in [0.25, 0.3) is 10.9 Å². The Labute approximate surface area is 133 Å². The lowest BCUT2D eigenvalue weighted by Crippen LogP contribution is -2.38. The maximum Gasteiger partial charge on any atom is 0.226 e. The predicted octanol–water partition coefficient (Wildman–Crippen LogP) is 3.70. The Morgan fingerprint density at radius 2 is 2.14 bits per heavy atom. The number of pyridine rings is 1. The van der Waals surface area contributed by atoms with E-state index in [9.17, 15) is 4.79 Å². The Balaban J connectivity index is 2.18. The van der Waals surface area contributed by atoms with Crippen LogP contribution in [0.3, 0.4) is 0 Å². The molecule has 1 atom stereocenters. The lowest BCUT2D eigenvalue weighted by Gasteiger charge is -2.26. The van der Waals surface area contributed by atoms with E-state index in [-0.39, 0.29) is 23.8 Å². The van der Waals surface area contributed by atoms with Gasteiger partial charge in [-0.05, 0) is 33.5 Å². The van der Waals surface area contributed by atoms with Crippen LogP contribution in [0, 0.1) is 5.41 Å². The smallest absolute Gasteiger partial charge is 0.226 e. The summed E-state index contributed by atoms with van der Waals surface area (Å²) in [4.78, 5) is 16.5. The minimum absolute atomic E-state index is 0.0883. The molecule has 0 saturated carbocycles. The van der Waals surface area contributed by atoms with Gasteiger partial charge in [-0.1, -0.05) is 32.9 Å². The molecule has 0 spiro atoms. The number of hydrogen-bond acceptors (Lipinski definition) is 3. The standard InChI is InChI=1S/C16H20BrN3O/c1-16(2,3)13(18)8-14(21)20-12-6-4-5-10-7-11(17)9-19-15(10)12/h4-7,9,13H,8,18H2,1-3H3,(H,20,21). The first-order valence-electron chi connectivity index (χ1n) is 6.87. The number of para-hydroxylation sites is 1. The van der Waals surface area contributed by atoms with E-state index in [1.54, 1.807) is 6.20 Å². The van der Waals surface area contributed by atoms with Crippen LogP contribution in [0.1, 0.15) is 27.2 Å².